The predicted molar refractivity (Wildman–Crippen MR) is 116 cm³/mol. The van der Waals surface area contributed by atoms with Crippen LogP contribution in [0.1, 0.15) is 36.7 Å². The van der Waals surface area contributed by atoms with E-state index in [4.69, 9.17) is 0 Å². The van der Waals surface area contributed by atoms with E-state index in [0.29, 0.717) is 12.1 Å². The molecule has 0 spiro atoms. The van der Waals surface area contributed by atoms with E-state index in [0.717, 1.165) is 11.3 Å². The average molecular weight is 421 g/mol. The van der Waals surface area contributed by atoms with Gasteiger partial charge in [-0.2, -0.15) is 16.1 Å². The van der Waals surface area contributed by atoms with Crippen molar-refractivity contribution in [3.63, 3.8) is 0 Å². The van der Waals surface area contributed by atoms with Crippen molar-refractivity contribution in [1.82, 2.24) is 9.62 Å². The van der Waals surface area contributed by atoms with Gasteiger partial charge < -0.3 is 5.32 Å². The Labute approximate surface area is 172 Å². The second kappa shape index (κ2) is 9.58. The second-order valence-corrected chi connectivity index (χ2v) is 11.5. The highest BCUT2D eigenvalue weighted by molar-refractivity contribution is 8.00. The van der Waals surface area contributed by atoms with Crippen molar-refractivity contribution in [3.8, 4) is 0 Å². The third-order valence-corrected chi connectivity index (χ3v) is 7.09. The summed E-state index contributed by atoms with van der Waals surface area (Å²) >= 11 is 1.80. The summed E-state index contributed by atoms with van der Waals surface area (Å²) in [6.45, 7) is 7.29. The minimum Gasteiger partial charge on any atom is -0.351 e. The van der Waals surface area contributed by atoms with E-state index in [-0.39, 0.29) is 22.1 Å². The Morgan fingerprint density at radius 2 is 1.64 bits per heavy atom. The van der Waals surface area contributed by atoms with Crippen molar-refractivity contribution in [1.29, 1.82) is 0 Å². The molecule has 0 fully saturated rings. The van der Waals surface area contributed by atoms with E-state index >= 15 is 0 Å². The van der Waals surface area contributed by atoms with Gasteiger partial charge in [0.15, 0.2) is 0 Å². The standard InChI is InChI=1S/C21H28N2O3S2/c1-21(2,3)27-15-14-22-20(24)18-12-10-17(11-13-18)16-23(4)28(25,26)19-8-6-5-7-9-19/h5-13H,14-16H2,1-4H3,(H,22,24). The molecule has 0 saturated heterocycles. The zero-order valence-corrected chi connectivity index (χ0v) is 18.4. The lowest BCUT2D eigenvalue weighted by molar-refractivity contribution is 0.0956. The minimum absolute atomic E-state index is 0.119. The fourth-order valence-electron chi connectivity index (χ4n) is 2.50. The number of nitrogens with zero attached hydrogens (tertiary/aromatic N) is 1. The van der Waals surface area contributed by atoms with Crippen LogP contribution in [0.2, 0.25) is 0 Å². The van der Waals surface area contributed by atoms with Crippen LogP contribution in [-0.4, -0.2) is 42.7 Å². The molecule has 0 saturated carbocycles. The van der Waals surface area contributed by atoms with Crippen LogP contribution in [0.3, 0.4) is 0 Å². The van der Waals surface area contributed by atoms with Crippen LogP contribution in [0, 0.1) is 0 Å². The summed E-state index contributed by atoms with van der Waals surface area (Å²) in [7, 11) is -1.99. The Morgan fingerprint density at radius 1 is 1.04 bits per heavy atom. The molecule has 5 nitrogen and oxygen atoms in total. The van der Waals surface area contributed by atoms with Crippen molar-refractivity contribution < 1.29 is 13.2 Å². The van der Waals surface area contributed by atoms with Gasteiger partial charge in [-0.05, 0) is 29.8 Å². The Morgan fingerprint density at radius 3 is 2.21 bits per heavy atom. The van der Waals surface area contributed by atoms with E-state index < -0.39 is 10.0 Å². The molecule has 2 rings (SSSR count). The molecular weight excluding hydrogens is 392 g/mol. The van der Waals surface area contributed by atoms with Crippen molar-refractivity contribution in [3.05, 3.63) is 65.7 Å². The van der Waals surface area contributed by atoms with E-state index in [9.17, 15) is 13.2 Å². The number of amides is 1. The average Bonchev–Trinajstić information content (AvgIpc) is 2.65. The summed E-state index contributed by atoms with van der Waals surface area (Å²) in [6, 6.07) is 15.4. The number of carbonyl (C=O) groups excluding carboxylic acids is 1. The molecule has 0 aliphatic carbocycles. The molecule has 7 heteroatoms. The third-order valence-electron chi connectivity index (χ3n) is 4.00. The zero-order chi connectivity index (χ0) is 20.8. The Kier molecular flexibility index (Phi) is 7.69. The first-order valence-electron chi connectivity index (χ1n) is 9.12. The Balaban J connectivity index is 1.92. The summed E-state index contributed by atoms with van der Waals surface area (Å²) in [5, 5.41) is 2.91. The van der Waals surface area contributed by atoms with E-state index in [1.165, 1.54) is 4.31 Å². The molecule has 1 amide bonds. The molecule has 0 bridgehead atoms. The number of benzene rings is 2. The van der Waals surface area contributed by atoms with Gasteiger partial charge in [-0.1, -0.05) is 51.1 Å². The molecule has 0 atom stereocenters. The quantitative estimate of drug-likeness (QED) is 0.660. The number of thioether (sulfide) groups is 1. The van der Waals surface area contributed by atoms with Gasteiger partial charge in [0.05, 0.1) is 4.90 Å². The fourth-order valence-corrected chi connectivity index (χ4v) is 4.50. The lowest BCUT2D eigenvalue weighted by Gasteiger charge is -2.18. The van der Waals surface area contributed by atoms with E-state index in [1.807, 2.05) is 0 Å². The molecule has 0 unspecified atom stereocenters. The molecule has 28 heavy (non-hydrogen) atoms. The topological polar surface area (TPSA) is 66.5 Å². The highest BCUT2D eigenvalue weighted by Crippen LogP contribution is 2.22. The summed E-state index contributed by atoms with van der Waals surface area (Å²) in [5.41, 5.74) is 1.39. The maximum atomic E-state index is 12.6. The maximum Gasteiger partial charge on any atom is 0.251 e. The van der Waals surface area contributed by atoms with Crippen molar-refractivity contribution in [2.24, 2.45) is 0 Å². The van der Waals surface area contributed by atoms with Gasteiger partial charge in [0.25, 0.3) is 5.91 Å². The molecule has 0 heterocycles. The first kappa shape index (κ1) is 22.5. The number of carbonyl (C=O) groups is 1. The highest BCUT2D eigenvalue weighted by atomic mass is 32.2. The van der Waals surface area contributed by atoms with E-state index in [2.05, 4.69) is 26.1 Å². The zero-order valence-electron chi connectivity index (χ0n) is 16.8. The van der Waals surface area contributed by atoms with Gasteiger partial charge in [-0.25, -0.2) is 8.42 Å². The summed E-state index contributed by atoms with van der Waals surface area (Å²) in [6.07, 6.45) is 0. The summed E-state index contributed by atoms with van der Waals surface area (Å²) in [5.74, 6) is 0.737. The molecule has 2 aromatic carbocycles. The van der Waals surface area contributed by atoms with Gasteiger partial charge in [-0.3, -0.25) is 4.79 Å². The van der Waals surface area contributed by atoms with Crippen LogP contribution in [0.25, 0.3) is 0 Å². The molecule has 0 aromatic heterocycles. The maximum absolute atomic E-state index is 12.6. The lowest BCUT2D eigenvalue weighted by atomic mass is 10.1. The van der Waals surface area contributed by atoms with Crippen LogP contribution >= 0.6 is 11.8 Å². The summed E-state index contributed by atoms with van der Waals surface area (Å²) in [4.78, 5) is 12.5. The molecule has 0 aliphatic heterocycles. The van der Waals surface area contributed by atoms with Crippen LogP contribution in [-0.2, 0) is 16.6 Å². The van der Waals surface area contributed by atoms with Gasteiger partial charge in [0.2, 0.25) is 10.0 Å². The van der Waals surface area contributed by atoms with Crippen molar-refractivity contribution in [2.45, 2.75) is 37.0 Å². The fraction of sp³-hybridized carbons (Fsp3) is 0.381. The number of sulfonamides is 1. The first-order valence-corrected chi connectivity index (χ1v) is 11.5. The SMILES string of the molecule is CN(Cc1ccc(C(=O)NCCSC(C)(C)C)cc1)S(=O)(=O)c1ccccc1. The summed E-state index contributed by atoms with van der Waals surface area (Å²) < 4.78 is 26.7. The van der Waals surface area contributed by atoms with Crippen LogP contribution < -0.4 is 5.32 Å². The molecule has 0 aliphatic rings. The molecule has 0 radical (unpaired) electrons. The number of rotatable bonds is 8. The number of hydrogen-bond acceptors (Lipinski definition) is 4. The van der Waals surface area contributed by atoms with E-state index in [1.54, 1.807) is 73.4 Å². The van der Waals surface area contributed by atoms with Crippen LogP contribution in [0.4, 0.5) is 0 Å². The lowest BCUT2D eigenvalue weighted by Crippen LogP contribution is -2.27. The predicted octanol–water partition coefficient (Wildman–Crippen LogP) is 3.77. The van der Waals surface area contributed by atoms with Crippen LogP contribution in [0.5, 0.6) is 0 Å². The normalized spacial score (nSPS) is 12.2. The minimum atomic E-state index is -3.54. The molecule has 2 aromatic rings. The largest absolute Gasteiger partial charge is 0.351 e. The molecule has 1 N–H and O–H groups in total. The molecule has 152 valence electrons. The number of nitrogens with one attached hydrogen (secondary N) is 1. The van der Waals surface area contributed by atoms with Gasteiger partial charge in [-0.15, -0.1) is 0 Å². The van der Waals surface area contributed by atoms with Crippen molar-refractivity contribution >= 4 is 27.7 Å². The third kappa shape index (κ3) is 6.65. The van der Waals surface area contributed by atoms with Gasteiger partial charge in [0.1, 0.15) is 0 Å². The Hall–Kier alpha value is -1.83. The van der Waals surface area contributed by atoms with Gasteiger partial charge >= 0.3 is 0 Å². The highest BCUT2D eigenvalue weighted by Gasteiger charge is 2.20. The monoisotopic (exact) mass is 420 g/mol. The first-order chi connectivity index (χ1) is 13.1. The second-order valence-electron chi connectivity index (χ2n) is 7.49. The van der Waals surface area contributed by atoms with Crippen LogP contribution in [0.15, 0.2) is 59.5 Å². The number of hydrogen-bond donors (Lipinski definition) is 1. The van der Waals surface area contributed by atoms with Crippen molar-refractivity contribution in [2.75, 3.05) is 19.3 Å². The molecular formula is C21H28N2O3S2. The smallest absolute Gasteiger partial charge is 0.251 e. The Bertz CT molecular complexity index is 874. The van der Waals surface area contributed by atoms with Gasteiger partial charge in [0, 0.05) is 36.2 Å².